The summed E-state index contributed by atoms with van der Waals surface area (Å²) in [6.45, 7) is 0. The van der Waals surface area contributed by atoms with Gasteiger partial charge < -0.3 is 10.1 Å². The standard InChI is InChI=1S/C7H6Cl2N2OS/c1-12-7(13)11-6-5(9)2-4(8)3-10-6/h2-3H,1H3,(H,10,11,13). The van der Waals surface area contributed by atoms with E-state index in [1.807, 2.05) is 0 Å². The Morgan fingerprint density at radius 3 is 2.85 bits per heavy atom. The Bertz CT molecular complexity index is 332. The number of anilines is 1. The van der Waals surface area contributed by atoms with E-state index in [0.29, 0.717) is 15.9 Å². The number of pyridine rings is 1. The first kappa shape index (κ1) is 10.5. The Labute approximate surface area is 91.0 Å². The number of methoxy groups -OCH3 is 1. The van der Waals surface area contributed by atoms with E-state index in [9.17, 15) is 0 Å². The van der Waals surface area contributed by atoms with Crippen molar-refractivity contribution in [2.45, 2.75) is 0 Å². The zero-order chi connectivity index (χ0) is 9.84. The third kappa shape index (κ3) is 2.99. The van der Waals surface area contributed by atoms with E-state index in [-0.39, 0.29) is 5.17 Å². The smallest absolute Gasteiger partial charge is 0.262 e. The Kier molecular flexibility index (Phi) is 3.71. The van der Waals surface area contributed by atoms with Crippen LogP contribution in [0.15, 0.2) is 12.3 Å². The molecule has 0 aliphatic heterocycles. The number of hydrogen-bond acceptors (Lipinski definition) is 3. The van der Waals surface area contributed by atoms with Gasteiger partial charge in [0.05, 0.1) is 17.2 Å². The molecule has 0 aromatic carbocycles. The predicted molar refractivity (Wildman–Crippen MR) is 57.5 cm³/mol. The van der Waals surface area contributed by atoms with Gasteiger partial charge in [0.2, 0.25) is 0 Å². The minimum Gasteiger partial charge on any atom is -0.474 e. The van der Waals surface area contributed by atoms with Crippen molar-refractivity contribution >= 4 is 46.4 Å². The highest BCUT2D eigenvalue weighted by molar-refractivity contribution is 7.80. The number of halogens is 2. The summed E-state index contributed by atoms with van der Waals surface area (Å²) >= 11 is 16.2. The van der Waals surface area contributed by atoms with Gasteiger partial charge in [0, 0.05) is 6.20 Å². The largest absolute Gasteiger partial charge is 0.474 e. The molecule has 0 amide bonds. The summed E-state index contributed by atoms with van der Waals surface area (Å²) in [4.78, 5) is 3.92. The normalized spacial score (nSPS) is 9.46. The molecule has 0 saturated heterocycles. The highest BCUT2D eigenvalue weighted by Crippen LogP contribution is 2.22. The first-order valence-corrected chi connectivity index (χ1v) is 4.46. The lowest BCUT2D eigenvalue weighted by molar-refractivity contribution is 0.413. The summed E-state index contributed by atoms with van der Waals surface area (Å²) in [5.74, 6) is 0.429. The third-order valence-electron chi connectivity index (χ3n) is 1.21. The molecule has 0 spiro atoms. The lowest BCUT2D eigenvalue weighted by Crippen LogP contribution is -2.11. The summed E-state index contributed by atoms with van der Waals surface area (Å²) in [6, 6.07) is 1.57. The molecule has 6 heteroatoms. The number of rotatable bonds is 1. The molecule has 0 radical (unpaired) electrons. The average Bonchev–Trinajstić information content (AvgIpc) is 2.09. The van der Waals surface area contributed by atoms with Gasteiger partial charge in [-0.25, -0.2) is 4.98 Å². The van der Waals surface area contributed by atoms with Crippen molar-refractivity contribution < 1.29 is 4.74 Å². The maximum atomic E-state index is 5.81. The Morgan fingerprint density at radius 1 is 1.62 bits per heavy atom. The summed E-state index contributed by atoms with van der Waals surface area (Å²) in [5, 5.41) is 3.77. The molecule has 1 N–H and O–H groups in total. The van der Waals surface area contributed by atoms with Gasteiger partial charge >= 0.3 is 0 Å². The number of ether oxygens (including phenoxy) is 1. The minimum atomic E-state index is 0.205. The fraction of sp³-hybridized carbons (Fsp3) is 0.143. The van der Waals surface area contributed by atoms with Gasteiger partial charge in [-0.2, -0.15) is 0 Å². The molecule has 0 saturated carbocycles. The number of aromatic nitrogens is 1. The van der Waals surface area contributed by atoms with E-state index >= 15 is 0 Å². The van der Waals surface area contributed by atoms with Crippen molar-refractivity contribution in [3.05, 3.63) is 22.3 Å². The zero-order valence-corrected chi connectivity index (χ0v) is 9.00. The van der Waals surface area contributed by atoms with Gasteiger partial charge in [0.1, 0.15) is 0 Å². The second kappa shape index (κ2) is 4.60. The second-order valence-electron chi connectivity index (χ2n) is 2.10. The number of hydrogen-bond donors (Lipinski definition) is 1. The second-order valence-corrected chi connectivity index (χ2v) is 3.31. The van der Waals surface area contributed by atoms with Gasteiger partial charge in [0.15, 0.2) is 5.82 Å². The molecule has 0 aliphatic rings. The van der Waals surface area contributed by atoms with Gasteiger partial charge in [0.25, 0.3) is 5.17 Å². The van der Waals surface area contributed by atoms with E-state index < -0.39 is 0 Å². The van der Waals surface area contributed by atoms with Crippen LogP contribution in [0.1, 0.15) is 0 Å². The van der Waals surface area contributed by atoms with Crippen LogP contribution in [0, 0.1) is 0 Å². The summed E-state index contributed by atoms with van der Waals surface area (Å²) < 4.78 is 4.73. The Balaban J connectivity index is 2.83. The number of nitrogens with one attached hydrogen (secondary N) is 1. The molecule has 0 aliphatic carbocycles. The quantitative estimate of drug-likeness (QED) is 0.761. The van der Waals surface area contributed by atoms with Crippen molar-refractivity contribution in [3.8, 4) is 0 Å². The highest BCUT2D eigenvalue weighted by atomic mass is 35.5. The third-order valence-corrected chi connectivity index (χ3v) is 1.98. The minimum absolute atomic E-state index is 0.205. The molecule has 3 nitrogen and oxygen atoms in total. The first-order chi connectivity index (χ1) is 6.13. The molecular formula is C7H6Cl2N2OS. The van der Waals surface area contributed by atoms with Gasteiger partial charge in [-0.05, 0) is 18.3 Å². The van der Waals surface area contributed by atoms with Crippen LogP contribution >= 0.6 is 35.4 Å². The molecule has 1 aromatic heterocycles. The van der Waals surface area contributed by atoms with Crippen LogP contribution < -0.4 is 5.32 Å². The van der Waals surface area contributed by atoms with Crippen LogP contribution in [-0.2, 0) is 4.74 Å². The highest BCUT2D eigenvalue weighted by Gasteiger charge is 2.04. The monoisotopic (exact) mass is 236 g/mol. The van der Waals surface area contributed by atoms with Crippen LogP contribution in [0.3, 0.4) is 0 Å². The van der Waals surface area contributed by atoms with Crippen molar-refractivity contribution in [2.75, 3.05) is 12.4 Å². The van der Waals surface area contributed by atoms with Gasteiger partial charge in [-0.3, -0.25) is 0 Å². The molecule has 0 bridgehead atoms. The van der Waals surface area contributed by atoms with Gasteiger partial charge in [-0.15, -0.1) is 0 Å². The summed E-state index contributed by atoms with van der Waals surface area (Å²) in [5.41, 5.74) is 0. The fourth-order valence-electron chi connectivity index (χ4n) is 0.654. The molecule has 0 atom stereocenters. The first-order valence-electron chi connectivity index (χ1n) is 3.29. The molecule has 70 valence electrons. The van der Waals surface area contributed by atoms with Crippen molar-refractivity contribution in [2.24, 2.45) is 0 Å². The number of thiocarbonyl (C=S) groups is 1. The maximum Gasteiger partial charge on any atom is 0.262 e. The Morgan fingerprint density at radius 2 is 2.31 bits per heavy atom. The van der Waals surface area contributed by atoms with Crippen LogP contribution in [0.2, 0.25) is 10.0 Å². The molecule has 0 unspecified atom stereocenters. The SMILES string of the molecule is COC(=S)Nc1ncc(Cl)cc1Cl. The van der Waals surface area contributed by atoms with Crippen LogP contribution in [0.25, 0.3) is 0 Å². The zero-order valence-electron chi connectivity index (χ0n) is 6.67. The molecule has 1 heterocycles. The molecular weight excluding hydrogens is 231 g/mol. The summed E-state index contributed by atoms with van der Waals surface area (Å²) in [6.07, 6.45) is 1.47. The maximum absolute atomic E-state index is 5.81. The van der Waals surface area contributed by atoms with Crippen LogP contribution in [0.4, 0.5) is 5.82 Å². The number of nitrogens with zero attached hydrogens (tertiary/aromatic N) is 1. The van der Waals surface area contributed by atoms with Crippen molar-refractivity contribution in [1.82, 2.24) is 4.98 Å². The van der Waals surface area contributed by atoms with E-state index in [1.54, 1.807) is 6.07 Å². The van der Waals surface area contributed by atoms with E-state index in [2.05, 4.69) is 10.3 Å². The summed E-state index contributed by atoms with van der Waals surface area (Å²) in [7, 11) is 1.46. The topological polar surface area (TPSA) is 34.1 Å². The van der Waals surface area contributed by atoms with Crippen molar-refractivity contribution in [3.63, 3.8) is 0 Å². The fourth-order valence-corrected chi connectivity index (χ4v) is 1.18. The van der Waals surface area contributed by atoms with E-state index in [1.165, 1.54) is 13.3 Å². The van der Waals surface area contributed by atoms with E-state index in [0.717, 1.165) is 0 Å². The predicted octanol–water partition coefficient (Wildman–Crippen LogP) is 2.73. The lowest BCUT2D eigenvalue weighted by atomic mass is 10.4. The molecule has 0 fully saturated rings. The average molecular weight is 237 g/mol. The van der Waals surface area contributed by atoms with Crippen molar-refractivity contribution in [1.29, 1.82) is 0 Å². The lowest BCUT2D eigenvalue weighted by Gasteiger charge is -2.06. The van der Waals surface area contributed by atoms with Crippen LogP contribution in [-0.4, -0.2) is 17.3 Å². The van der Waals surface area contributed by atoms with Gasteiger partial charge in [-0.1, -0.05) is 23.2 Å². The van der Waals surface area contributed by atoms with Crippen LogP contribution in [0.5, 0.6) is 0 Å². The molecule has 1 rings (SSSR count). The van der Waals surface area contributed by atoms with E-state index in [4.69, 9.17) is 40.2 Å². The molecule has 13 heavy (non-hydrogen) atoms. The Hall–Kier alpha value is -0.580. The molecule has 1 aromatic rings.